The zero-order chi connectivity index (χ0) is 13.9. The zero-order valence-corrected chi connectivity index (χ0v) is 10.5. The first-order valence-corrected chi connectivity index (χ1v) is 6.19. The fourth-order valence-corrected chi connectivity index (χ4v) is 1.97. The van der Waals surface area contributed by atoms with Crippen molar-refractivity contribution < 1.29 is 13.6 Å². The number of carbonyl (C=O) groups is 1. The molecule has 3 heteroatoms. The van der Waals surface area contributed by atoms with Crippen molar-refractivity contribution in [2.45, 2.75) is 0 Å². The molecule has 0 spiro atoms. The summed E-state index contributed by atoms with van der Waals surface area (Å²) in [6, 6.07) is 15.2. The van der Waals surface area contributed by atoms with Crippen LogP contribution in [0.4, 0.5) is 4.39 Å². The second kappa shape index (κ2) is 5.13. The third-order valence-corrected chi connectivity index (χ3v) is 2.94. The van der Waals surface area contributed by atoms with Crippen LogP contribution >= 0.6 is 0 Å². The van der Waals surface area contributed by atoms with E-state index >= 15 is 0 Å². The minimum Gasteiger partial charge on any atom is -0.453 e. The topological polar surface area (TPSA) is 30.2 Å². The van der Waals surface area contributed by atoms with Crippen molar-refractivity contribution in [1.82, 2.24) is 0 Å². The van der Waals surface area contributed by atoms with Crippen LogP contribution in [0.25, 0.3) is 17.0 Å². The summed E-state index contributed by atoms with van der Waals surface area (Å²) >= 11 is 0. The van der Waals surface area contributed by atoms with E-state index in [1.54, 1.807) is 24.3 Å². The summed E-state index contributed by atoms with van der Waals surface area (Å²) < 4.78 is 18.5. The van der Waals surface area contributed by atoms with E-state index in [0.717, 1.165) is 5.39 Å². The lowest BCUT2D eigenvalue weighted by Gasteiger charge is -1.92. The Morgan fingerprint density at radius 3 is 2.70 bits per heavy atom. The lowest BCUT2D eigenvalue weighted by molar-refractivity contribution is 0.102. The summed E-state index contributed by atoms with van der Waals surface area (Å²) in [5, 5.41) is 0.884. The van der Waals surface area contributed by atoms with E-state index in [1.807, 2.05) is 24.3 Å². The molecule has 0 saturated carbocycles. The van der Waals surface area contributed by atoms with Gasteiger partial charge in [0.15, 0.2) is 5.76 Å². The monoisotopic (exact) mass is 266 g/mol. The number of fused-ring (bicyclic) bond motifs is 1. The summed E-state index contributed by atoms with van der Waals surface area (Å²) in [6.45, 7) is 0. The van der Waals surface area contributed by atoms with E-state index in [-0.39, 0.29) is 17.4 Å². The molecule has 0 aliphatic heterocycles. The van der Waals surface area contributed by atoms with Gasteiger partial charge in [0.1, 0.15) is 11.4 Å². The predicted octanol–water partition coefficient (Wildman–Crippen LogP) is 4.47. The highest BCUT2D eigenvalue weighted by Gasteiger charge is 2.08. The number of hydrogen-bond donors (Lipinski definition) is 0. The van der Waals surface area contributed by atoms with Crippen molar-refractivity contribution in [2.24, 2.45) is 0 Å². The van der Waals surface area contributed by atoms with E-state index < -0.39 is 0 Å². The van der Waals surface area contributed by atoms with Crippen LogP contribution in [0.3, 0.4) is 0 Å². The number of allylic oxidation sites excluding steroid dienone is 1. The number of rotatable bonds is 3. The van der Waals surface area contributed by atoms with Gasteiger partial charge >= 0.3 is 0 Å². The third kappa shape index (κ3) is 2.52. The molecule has 0 bridgehead atoms. The quantitative estimate of drug-likeness (QED) is 0.517. The van der Waals surface area contributed by atoms with Crippen LogP contribution in [0.1, 0.15) is 16.1 Å². The van der Waals surface area contributed by atoms with Crippen LogP contribution in [-0.4, -0.2) is 5.78 Å². The highest BCUT2D eigenvalue weighted by Crippen LogP contribution is 2.19. The second-order valence-electron chi connectivity index (χ2n) is 4.40. The molecule has 0 aliphatic rings. The second-order valence-corrected chi connectivity index (χ2v) is 4.40. The lowest BCUT2D eigenvalue weighted by Crippen LogP contribution is -1.90. The largest absolute Gasteiger partial charge is 0.453 e. The molecule has 98 valence electrons. The minimum absolute atomic E-state index is 0.245. The molecule has 3 rings (SSSR count). The van der Waals surface area contributed by atoms with Crippen molar-refractivity contribution in [1.29, 1.82) is 0 Å². The van der Waals surface area contributed by atoms with Gasteiger partial charge in [-0.1, -0.05) is 36.4 Å². The van der Waals surface area contributed by atoms with E-state index in [0.29, 0.717) is 11.1 Å². The Morgan fingerprint density at radius 1 is 1.05 bits per heavy atom. The van der Waals surface area contributed by atoms with Gasteiger partial charge in [-0.3, -0.25) is 4.79 Å². The number of halogens is 1. The Morgan fingerprint density at radius 2 is 1.90 bits per heavy atom. The van der Waals surface area contributed by atoms with Crippen molar-refractivity contribution in [3.8, 4) is 0 Å². The van der Waals surface area contributed by atoms with Gasteiger partial charge in [-0.25, -0.2) is 4.39 Å². The maximum absolute atomic E-state index is 13.0. The average Bonchev–Trinajstić information content (AvgIpc) is 2.89. The summed E-state index contributed by atoms with van der Waals surface area (Å²) in [7, 11) is 0. The van der Waals surface area contributed by atoms with Gasteiger partial charge in [-0.15, -0.1) is 0 Å². The van der Waals surface area contributed by atoms with Gasteiger partial charge in [0, 0.05) is 5.39 Å². The Labute approximate surface area is 115 Å². The van der Waals surface area contributed by atoms with Gasteiger partial charge in [0.05, 0.1) is 0 Å². The number of benzene rings is 2. The third-order valence-electron chi connectivity index (χ3n) is 2.94. The molecule has 1 heterocycles. The van der Waals surface area contributed by atoms with Gasteiger partial charge < -0.3 is 4.42 Å². The van der Waals surface area contributed by atoms with Crippen LogP contribution in [0.15, 0.2) is 65.1 Å². The molecular weight excluding hydrogens is 255 g/mol. The molecule has 3 aromatic rings. The molecule has 0 saturated heterocycles. The molecular formula is C17H11FO2. The van der Waals surface area contributed by atoms with Crippen molar-refractivity contribution in [3.05, 3.63) is 77.8 Å². The van der Waals surface area contributed by atoms with Crippen LogP contribution in [0.2, 0.25) is 0 Å². The Bertz CT molecular complexity index is 766. The maximum Gasteiger partial charge on any atom is 0.221 e. The normalized spacial score (nSPS) is 11.2. The van der Waals surface area contributed by atoms with E-state index in [1.165, 1.54) is 18.2 Å². The molecule has 0 atom stereocenters. The number of hydrogen-bond acceptors (Lipinski definition) is 2. The molecule has 20 heavy (non-hydrogen) atoms. The number of furan rings is 1. The zero-order valence-electron chi connectivity index (χ0n) is 10.5. The molecule has 1 aromatic heterocycles. The molecule has 0 aliphatic carbocycles. The van der Waals surface area contributed by atoms with Crippen molar-refractivity contribution in [2.75, 3.05) is 0 Å². The first-order chi connectivity index (χ1) is 9.72. The molecule has 2 nitrogen and oxygen atoms in total. The van der Waals surface area contributed by atoms with E-state index in [2.05, 4.69) is 0 Å². The molecule has 2 aromatic carbocycles. The van der Waals surface area contributed by atoms with Crippen LogP contribution < -0.4 is 0 Å². The molecule has 0 N–H and O–H groups in total. The number of carbonyl (C=O) groups excluding carboxylic acids is 1. The lowest BCUT2D eigenvalue weighted by atomic mass is 10.1. The van der Waals surface area contributed by atoms with Gasteiger partial charge in [0.25, 0.3) is 0 Å². The Balaban J connectivity index is 1.85. The summed E-state index contributed by atoms with van der Waals surface area (Å²) in [5.41, 5.74) is 1.31. The van der Waals surface area contributed by atoms with Crippen LogP contribution in [0.5, 0.6) is 0 Å². The highest BCUT2D eigenvalue weighted by molar-refractivity contribution is 6.06. The molecule has 0 amide bonds. The highest BCUT2D eigenvalue weighted by atomic mass is 19.1. The fourth-order valence-electron chi connectivity index (χ4n) is 1.97. The van der Waals surface area contributed by atoms with Gasteiger partial charge in [0.2, 0.25) is 5.78 Å². The maximum atomic E-state index is 13.0. The molecule has 0 radical (unpaired) electrons. The molecule has 0 unspecified atom stereocenters. The number of ketones is 1. The summed E-state index contributed by atoms with van der Waals surface area (Å²) in [4.78, 5) is 12.0. The summed E-state index contributed by atoms with van der Waals surface area (Å²) in [5.74, 6) is -0.298. The van der Waals surface area contributed by atoms with Crippen molar-refractivity contribution in [3.63, 3.8) is 0 Å². The van der Waals surface area contributed by atoms with Crippen LogP contribution in [0, 0.1) is 5.82 Å². The average molecular weight is 266 g/mol. The SMILES string of the molecule is O=C(C=Cc1cccc(F)c1)c1cc2ccccc2o1. The first kappa shape index (κ1) is 12.4. The summed E-state index contributed by atoms with van der Waals surface area (Å²) in [6.07, 6.45) is 2.95. The molecule has 0 fully saturated rings. The smallest absolute Gasteiger partial charge is 0.221 e. The number of para-hydroxylation sites is 1. The first-order valence-electron chi connectivity index (χ1n) is 6.19. The van der Waals surface area contributed by atoms with Crippen molar-refractivity contribution >= 4 is 22.8 Å². The Hall–Kier alpha value is -2.68. The predicted molar refractivity (Wildman–Crippen MR) is 76.0 cm³/mol. The van der Waals surface area contributed by atoms with Gasteiger partial charge in [-0.2, -0.15) is 0 Å². The standard InChI is InChI=1S/C17H11FO2/c18-14-6-3-4-12(10-14)8-9-15(19)17-11-13-5-1-2-7-16(13)20-17/h1-11H. The van der Waals surface area contributed by atoms with Crippen LogP contribution in [-0.2, 0) is 0 Å². The Kier molecular flexibility index (Phi) is 3.17. The minimum atomic E-state index is -0.330. The van der Waals surface area contributed by atoms with Gasteiger partial charge in [-0.05, 0) is 35.9 Å². The fraction of sp³-hybridized carbons (Fsp3) is 0. The van der Waals surface area contributed by atoms with E-state index in [4.69, 9.17) is 4.42 Å². The van der Waals surface area contributed by atoms with E-state index in [9.17, 15) is 9.18 Å².